The van der Waals surface area contributed by atoms with Gasteiger partial charge in [-0.3, -0.25) is 0 Å². The lowest BCUT2D eigenvalue weighted by Gasteiger charge is -1.96. The molecule has 0 radical (unpaired) electrons. The topological polar surface area (TPSA) is 73.2 Å². The number of hydrogen-bond acceptors (Lipinski definition) is 4. The van der Waals surface area contributed by atoms with E-state index in [1.54, 1.807) is 0 Å². The van der Waals surface area contributed by atoms with Crippen LogP contribution in [-0.4, -0.2) is 47.3 Å². The largest absolute Gasteiger partial charge is 0.394 e. The van der Waals surface area contributed by atoms with Gasteiger partial charge in [0, 0.05) is 0 Å². The molecular weight excluding hydrogens is 160 g/mol. The Hall–Kier alpha value is -0.420. The maximum atomic E-state index is 8.17. The van der Waals surface area contributed by atoms with Crippen molar-refractivity contribution in [1.29, 1.82) is 0 Å². The molecule has 12 heavy (non-hydrogen) atoms. The van der Waals surface area contributed by atoms with Gasteiger partial charge in [0.2, 0.25) is 0 Å². The Morgan fingerprint density at radius 1 is 1.42 bits per heavy atom. The van der Waals surface area contributed by atoms with Crippen molar-refractivity contribution in [2.24, 2.45) is 0 Å². The standard InChI is InChI=1S/C3H8O3.C3H6O.C2H4/c4-1-3(6)2-5;1-3-2-4-3;1-2/h3-6H,1-2H2;3H,2H2,1H3;1-2H2. The van der Waals surface area contributed by atoms with Gasteiger partial charge in [0.1, 0.15) is 6.10 Å². The summed E-state index contributed by atoms with van der Waals surface area (Å²) in [5.41, 5.74) is 0. The van der Waals surface area contributed by atoms with Crippen LogP contribution in [-0.2, 0) is 4.74 Å². The van der Waals surface area contributed by atoms with E-state index in [1.165, 1.54) is 0 Å². The molecule has 1 aliphatic rings. The van der Waals surface area contributed by atoms with E-state index in [9.17, 15) is 0 Å². The van der Waals surface area contributed by atoms with Crippen molar-refractivity contribution >= 4 is 0 Å². The molecule has 3 N–H and O–H groups in total. The molecule has 0 spiro atoms. The quantitative estimate of drug-likeness (QED) is 0.395. The van der Waals surface area contributed by atoms with Crippen molar-refractivity contribution in [3.8, 4) is 0 Å². The first-order valence-electron chi connectivity index (χ1n) is 3.72. The number of aliphatic hydroxyl groups excluding tert-OH is 3. The summed E-state index contributed by atoms with van der Waals surface area (Å²) >= 11 is 0. The van der Waals surface area contributed by atoms with Gasteiger partial charge in [0.15, 0.2) is 0 Å². The summed E-state index contributed by atoms with van der Waals surface area (Å²) in [6, 6.07) is 0. The monoisotopic (exact) mass is 178 g/mol. The molecule has 1 saturated heterocycles. The third-order valence-electron chi connectivity index (χ3n) is 0.921. The minimum absolute atomic E-state index is 0.365. The van der Waals surface area contributed by atoms with Crippen LogP contribution in [0.1, 0.15) is 6.92 Å². The van der Waals surface area contributed by atoms with Gasteiger partial charge in [0.05, 0.1) is 25.9 Å². The summed E-state index contributed by atoms with van der Waals surface area (Å²) < 4.78 is 4.71. The van der Waals surface area contributed by atoms with Crippen molar-refractivity contribution in [1.82, 2.24) is 0 Å². The van der Waals surface area contributed by atoms with Crippen molar-refractivity contribution in [3.63, 3.8) is 0 Å². The molecule has 0 aliphatic carbocycles. The first-order valence-corrected chi connectivity index (χ1v) is 3.72. The zero-order valence-electron chi connectivity index (χ0n) is 7.44. The fraction of sp³-hybridized carbons (Fsp3) is 0.750. The van der Waals surface area contributed by atoms with E-state index in [0.717, 1.165) is 6.61 Å². The molecule has 1 aliphatic heterocycles. The second kappa shape index (κ2) is 10.6. The third-order valence-corrected chi connectivity index (χ3v) is 0.921. The number of epoxide rings is 1. The van der Waals surface area contributed by atoms with Crippen LogP contribution in [0, 0.1) is 0 Å². The van der Waals surface area contributed by atoms with Crippen LogP contribution < -0.4 is 0 Å². The van der Waals surface area contributed by atoms with Gasteiger partial charge in [-0.2, -0.15) is 0 Å². The normalized spacial score (nSPS) is 18.6. The summed E-state index contributed by atoms with van der Waals surface area (Å²) in [6.07, 6.45) is -0.370. The summed E-state index contributed by atoms with van der Waals surface area (Å²) in [7, 11) is 0. The predicted octanol–water partition coefficient (Wildman–Crippen LogP) is -0.461. The van der Waals surface area contributed by atoms with Gasteiger partial charge >= 0.3 is 0 Å². The van der Waals surface area contributed by atoms with E-state index in [1.807, 2.05) is 0 Å². The number of aliphatic hydroxyl groups is 3. The van der Waals surface area contributed by atoms with Gasteiger partial charge in [0.25, 0.3) is 0 Å². The lowest BCUT2D eigenvalue weighted by molar-refractivity contribution is 0.0450. The van der Waals surface area contributed by atoms with E-state index in [-0.39, 0.29) is 13.2 Å². The zero-order valence-corrected chi connectivity index (χ0v) is 7.44. The molecule has 4 nitrogen and oxygen atoms in total. The van der Waals surface area contributed by atoms with Crippen LogP contribution in [0.4, 0.5) is 0 Å². The van der Waals surface area contributed by atoms with Crippen molar-refractivity contribution in [2.75, 3.05) is 19.8 Å². The van der Waals surface area contributed by atoms with Gasteiger partial charge < -0.3 is 20.1 Å². The number of ether oxygens (including phenoxy) is 1. The van der Waals surface area contributed by atoms with Gasteiger partial charge in [-0.25, -0.2) is 0 Å². The molecule has 1 heterocycles. The number of rotatable bonds is 2. The Kier molecular flexibility index (Phi) is 12.5. The molecule has 0 amide bonds. The minimum atomic E-state index is -0.954. The molecule has 0 aromatic carbocycles. The molecule has 1 unspecified atom stereocenters. The molecule has 0 aromatic rings. The Morgan fingerprint density at radius 2 is 1.67 bits per heavy atom. The van der Waals surface area contributed by atoms with Crippen molar-refractivity contribution in [2.45, 2.75) is 19.1 Å². The summed E-state index contributed by atoms with van der Waals surface area (Å²) in [6.45, 7) is 8.31. The van der Waals surface area contributed by atoms with Crippen LogP contribution in [0.25, 0.3) is 0 Å². The van der Waals surface area contributed by atoms with Crippen LogP contribution >= 0.6 is 0 Å². The average molecular weight is 178 g/mol. The van der Waals surface area contributed by atoms with Crippen molar-refractivity contribution < 1.29 is 20.1 Å². The highest BCUT2D eigenvalue weighted by atomic mass is 16.6. The van der Waals surface area contributed by atoms with E-state index in [0.29, 0.717) is 6.10 Å². The molecule has 0 aromatic heterocycles. The molecule has 4 heteroatoms. The third kappa shape index (κ3) is 16.3. The zero-order chi connectivity index (χ0) is 9.98. The fourth-order valence-electron chi connectivity index (χ4n) is 0.154. The maximum Gasteiger partial charge on any atom is 0.100 e. The maximum absolute atomic E-state index is 8.17. The van der Waals surface area contributed by atoms with Crippen LogP contribution in [0.3, 0.4) is 0 Å². The summed E-state index contributed by atoms with van der Waals surface area (Å²) in [5.74, 6) is 0. The predicted molar refractivity (Wildman–Crippen MR) is 46.8 cm³/mol. The van der Waals surface area contributed by atoms with Crippen LogP contribution in [0.15, 0.2) is 13.2 Å². The first kappa shape index (κ1) is 14.1. The van der Waals surface area contributed by atoms with E-state index in [2.05, 4.69) is 20.1 Å². The Morgan fingerprint density at radius 3 is 1.67 bits per heavy atom. The summed E-state index contributed by atoms with van der Waals surface area (Å²) in [5, 5.41) is 24.0. The molecule has 0 saturated carbocycles. The minimum Gasteiger partial charge on any atom is -0.394 e. The average Bonchev–Trinajstić information content (AvgIpc) is 2.91. The van der Waals surface area contributed by atoms with Gasteiger partial charge in [-0.1, -0.05) is 0 Å². The fourth-order valence-corrected chi connectivity index (χ4v) is 0.154. The molecule has 1 atom stereocenters. The second-order valence-electron chi connectivity index (χ2n) is 2.16. The van der Waals surface area contributed by atoms with Crippen LogP contribution in [0.5, 0.6) is 0 Å². The molecule has 1 rings (SSSR count). The van der Waals surface area contributed by atoms with E-state index < -0.39 is 6.10 Å². The van der Waals surface area contributed by atoms with E-state index in [4.69, 9.17) is 20.1 Å². The first-order chi connectivity index (χ1) is 5.70. The summed E-state index contributed by atoms with van der Waals surface area (Å²) in [4.78, 5) is 0. The lowest BCUT2D eigenvalue weighted by Crippen LogP contribution is -2.15. The second-order valence-corrected chi connectivity index (χ2v) is 2.16. The van der Waals surface area contributed by atoms with Crippen LogP contribution in [0.2, 0.25) is 0 Å². The molecular formula is C8H18O4. The smallest absolute Gasteiger partial charge is 0.100 e. The Labute approximate surface area is 73.1 Å². The molecule has 0 bridgehead atoms. The Bertz CT molecular complexity index is 79.1. The van der Waals surface area contributed by atoms with E-state index >= 15 is 0 Å². The highest BCUT2D eigenvalue weighted by Crippen LogP contribution is 2.04. The highest BCUT2D eigenvalue weighted by Gasteiger charge is 2.13. The lowest BCUT2D eigenvalue weighted by atomic mass is 10.4. The molecule has 74 valence electrons. The Balaban J connectivity index is 0. The number of hydrogen-bond donors (Lipinski definition) is 3. The van der Waals surface area contributed by atoms with Crippen molar-refractivity contribution in [3.05, 3.63) is 13.2 Å². The van der Waals surface area contributed by atoms with Gasteiger partial charge in [-0.05, 0) is 6.92 Å². The van der Waals surface area contributed by atoms with Gasteiger partial charge in [-0.15, -0.1) is 13.2 Å². The SMILES string of the molecule is C=C.CC1CO1.OCC(O)CO. The highest BCUT2D eigenvalue weighted by molar-refractivity contribution is 4.58. The molecule has 1 fully saturated rings.